The Labute approximate surface area is 161 Å². The fraction of sp³-hybridized carbons (Fsp3) is 0.190. The topological polar surface area (TPSA) is 121 Å². The summed E-state index contributed by atoms with van der Waals surface area (Å²) in [5.74, 6) is 0.281. The van der Waals surface area contributed by atoms with Crippen molar-refractivity contribution in [1.29, 1.82) is 5.26 Å². The average molecular weight is 373 g/mol. The van der Waals surface area contributed by atoms with Crippen molar-refractivity contribution in [2.24, 2.45) is 0 Å². The van der Waals surface area contributed by atoms with Crippen LogP contribution < -0.4 is 11.1 Å². The summed E-state index contributed by atoms with van der Waals surface area (Å²) < 4.78 is 5.94. The van der Waals surface area contributed by atoms with Gasteiger partial charge in [0.1, 0.15) is 17.2 Å². The summed E-state index contributed by atoms with van der Waals surface area (Å²) in [5.41, 5.74) is 8.23. The SMILES string of the molecule is Cc1c(C(=O)NCCCc2[nH]nc(N)c2C#N)oc2c1ccc1ccccc12. The van der Waals surface area contributed by atoms with Crippen molar-refractivity contribution in [2.45, 2.75) is 19.8 Å². The number of benzene rings is 2. The van der Waals surface area contributed by atoms with Crippen LogP contribution in [0, 0.1) is 18.3 Å². The molecule has 28 heavy (non-hydrogen) atoms. The minimum Gasteiger partial charge on any atom is -0.450 e. The number of hydrogen-bond acceptors (Lipinski definition) is 5. The maximum absolute atomic E-state index is 12.6. The number of anilines is 1. The van der Waals surface area contributed by atoms with Gasteiger partial charge in [0.25, 0.3) is 5.91 Å². The summed E-state index contributed by atoms with van der Waals surface area (Å²) in [6, 6.07) is 14.0. The van der Waals surface area contributed by atoms with Gasteiger partial charge in [0.05, 0.1) is 5.69 Å². The van der Waals surface area contributed by atoms with E-state index in [4.69, 9.17) is 15.4 Å². The quantitative estimate of drug-likeness (QED) is 0.463. The second-order valence-corrected chi connectivity index (χ2v) is 6.65. The zero-order chi connectivity index (χ0) is 19.7. The van der Waals surface area contributed by atoms with E-state index < -0.39 is 0 Å². The van der Waals surface area contributed by atoms with Crippen LogP contribution in [0.2, 0.25) is 0 Å². The number of carbonyl (C=O) groups is 1. The van der Waals surface area contributed by atoms with Gasteiger partial charge in [-0.05, 0) is 25.2 Å². The van der Waals surface area contributed by atoms with Crippen molar-refractivity contribution in [1.82, 2.24) is 15.5 Å². The molecule has 0 unspecified atom stereocenters. The predicted octanol–water partition coefficient (Wildman–Crippen LogP) is 3.43. The lowest BCUT2D eigenvalue weighted by Crippen LogP contribution is -2.25. The maximum atomic E-state index is 12.6. The van der Waals surface area contributed by atoms with Gasteiger partial charge in [-0.25, -0.2) is 0 Å². The van der Waals surface area contributed by atoms with E-state index in [1.807, 2.05) is 49.4 Å². The van der Waals surface area contributed by atoms with Gasteiger partial charge in [0.15, 0.2) is 11.6 Å². The molecule has 0 aliphatic carbocycles. The van der Waals surface area contributed by atoms with E-state index in [1.165, 1.54) is 0 Å². The number of nitrogens with one attached hydrogen (secondary N) is 2. The molecule has 0 radical (unpaired) electrons. The highest BCUT2D eigenvalue weighted by Gasteiger charge is 2.19. The van der Waals surface area contributed by atoms with Gasteiger partial charge in [-0.3, -0.25) is 9.89 Å². The summed E-state index contributed by atoms with van der Waals surface area (Å²) in [6.45, 7) is 2.34. The van der Waals surface area contributed by atoms with E-state index in [0.29, 0.717) is 36.4 Å². The van der Waals surface area contributed by atoms with Crippen LogP contribution in [0.5, 0.6) is 0 Å². The Morgan fingerprint density at radius 1 is 1.29 bits per heavy atom. The minimum atomic E-state index is -0.248. The molecular weight excluding hydrogens is 354 g/mol. The first kappa shape index (κ1) is 17.6. The third kappa shape index (κ3) is 2.95. The van der Waals surface area contributed by atoms with Crippen molar-refractivity contribution in [2.75, 3.05) is 12.3 Å². The monoisotopic (exact) mass is 373 g/mol. The first-order valence-corrected chi connectivity index (χ1v) is 9.02. The molecule has 0 fully saturated rings. The Morgan fingerprint density at radius 2 is 2.11 bits per heavy atom. The van der Waals surface area contributed by atoms with E-state index in [-0.39, 0.29) is 11.7 Å². The van der Waals surface area contributed by atoms with Crippen LogP contribution in [0.1, 0.15) is 33.8 Å². The molecule has 0 atom stereocenters. The number of nitrogens with zero attached hydrogens (tertiary/aromatic N) is 2. The summed E-state index contributed by atoms with van der Waals surface area (Å²) in [5, 5.41) is 21.6. The second kappa shape index (κ2) is 7.08. The molecule has 1 amide bonds. The smallest absolute Gasteiger partial charge is 0.287 e. The number of carbonyl (C=O) groups excluding carboxylic acids is 1. The number of nitriles is 1. The van der Waals surface area contributed by atoms with Crippen molar-refractivity contribution in [3.8, 4) is 6.07 Å². The Kier molecular flexibility index (Phi) is 4.45. The number of hydrogen-bond donors (Lipinski definition) is 3. The molecule has 4 N–H and O–H groups in total. The number of aryl methyl sites for hydroxylation is 2. The fourth-order valence-electron chi connectivity index (χ4n) is 3.41. The van der Waals surface area contributed by atoms with Gasteiger partial charge in [-0.1, -0.05) is 36.4 Å². The molecule has 0 spiro atoms. The molecule has 0 bridgehead atoms. The molecule has 0 saturated heterocycles. The minimum absolute atomic E-state index is 0.201. The van der Waals surface area contributed by atoms with E-state index in [1.54, 1.807) is 0 Å². The van der Waals surface area contributed by atoms with Gasteiger partial charge in [0, 0.05) is 22.9 Å². The summed E-state index contributed by atoms with van der Waals surface area (Å²) in [7, 11) is 0. The zero-order valence-corrected chi connectivity index (χ0v) is 15.4. The van der Waals surface area contributed by atoms with Gasteiger partial charge in [-0.2, -0.15) is 10.4 Å². The summed E-state index contributed by atoms with van der Waals surface area (Å²) in [4.78, 5) is 12.6. The molecular formula is C21H19N5O2. The third-order valence-electron chi connectivity index (χ3n) is 4.90. The van der Waals surface area contributed by atoms with Gasteiger partial charge in [0.2, 0.25) is 0 Å². The molecule has 0 saturated carbocycles. The Balaban J connectivity index is 1.48. The third-order valence-corrected chi connectivity index (χ3v) is 4.90. The Bertz CT molecular complexity index is 1230. The van der Waals surface area contributed by atoms with E-state index >= 15 is 0 Å². The van der Waals surface area contributed by atoms with Gasteiger partial charge in [-0.15, -0.1) is 0 Å². The van der Waals surface area contributed by atoms with Crippen LogP contribution in [-0.4, -0.2) is 22.6 Å². The number of aromatic amines is 1. The molecule has 140 valence electrons. The number of aromatic nitrogens is 2. The first-order chi connectivity index (χ1) is 13.6. The Hall–Kier alpha value is -3.79. The van der Waals surface area contributed by atoms with Crippen molar-refractivity contribution < 1.29 is 9.21 Å². The normalized spacial score (nSPS) is 11.0. The van der Waals surface area contributed by atoms with Crippen LogP contribution in [0.25, 0.3) is 21.7 Å². The first-order valence-electron chi connectivity index (χ1n) is 9.02. The highest BCUT2D eigenvalue weighted by molar-refractivity contribution is 6.08. The van der Waals surface area contributed by atoms with Crippen molar-refractivity contribution in [3.63, 3.8) is 0 Å². The zero-order valence-electron chi connectivity index (χ0n) is 15.4. The van der Waals surface area contributed by atoms with Gasteiger partial charge < -0.3 is 15.5 Å². The molecule has 0 aliphatic heterocycles. The van der Waals surface area contributed by atoms with Crippen LogP contribution in [-0.2, 0) is 6.42 Å². The Morgan fingerprint density at radius 3 is 2.93 bits per heavy atom. The molecule has 4 aromatic rings. The van der Waals surface area contributed by atoms with Crippen molar-refractivity contribution >= 4 is 33.5 Å². The molecule has 2 heterocycles. The lowest BCUT2D eigenvalue weighted by Gasteiger charge is -2.03. The van der Waals surface area contributed by atoms with Gasteiger partial charge >= 0.3 is 0 Å². The van der Waals surface area contributed by atoms with E-state index in [9.17, 15) is 4.79 Å². The number of rotatable bonds is 5. The highest BCUT2D eigenvalue weighted by Crippen LogP contribution is 2.31. The number of fused-ring (bicyclic) bond motifs is 3. The molecule has 7 heteroatoms. The molecule has 7 nitrogen and oxygen atoms in total. The molecule has 2 aromatic heterocycles. The standard InChI is InChI=1S/C21H19N5O2/c1-12-14-9-8-13-5-2-3-6-15(13)19(14)28-18(12)21(27)24-10-4-7-17-16(11-22)20(23)26-25-17/h2-3,5-6,8-9H,4,7,10H2,1H3,(H,24,27)(H3,23,25,26). The second-order valence-electron chi connectivity index (χ2n) is 6.65. The van der Waals surface area contributed by atoms with Crippen molar-refractivity contribution in [3.05, 3.63) is 59.0 Å². The van der Waals surface area contributed by atoms with Crippen LogP contribution in [0.4, 0.5) is 5.82 Å². The van der Waals surface area contributed by atoms with Crippen LogP contribution >= 0.6 is 0 Å². The number of amides is 1. The van der Waals surface area contributed by atoms with Crippen LogP contribution in [0.3, 0.4) is 0 Å². The lowest BCUT2D eigenvalue weighted by atomic mass is 10.1. The van der Waals surface area contributed by atoms with Crippen LogP contribution in [0.15, 0.2) is 40.8 Å². The average Bonchev–Trinajstić information content (AvgIpc) is 3.24. The maximum Gasteiger partial charge on any atom is 0.287 e. The number of H-pyrrole nitrogens is 1. The largest absolute Gasteiger partial charge is 0.450 e. The fourth-order valence-corrected chi connectivity index (χ4v) is 3.41. The molecule has 4 rings (SSSR count). The number of nitrogen functional groups attached to an aromatic ring is 1. The highest BCUT2D eigenvalue weighted by atomic mass is 16.3. The molecule has 2 aromatic carbocycles. The summed E-state index contributed by atoms with van der Waals surface area (Å²) >= 11 is 0. The number of nitrogens with two attached hydrogens (primary N) is 1. The molecule has 0 aliphatic rings. The summed E-state index contributed by atoms with van der Waals surface area (Å²) in [6.07, 6.45) is 1.21. The lowest BCUT2D eigenvalue weighted by molar-refractivity contribution is 0.0927. The van der Waals surface area contributed by atoms with E-state index in [0.717, 1.165) is 27.3 Å². The number of furan rings is 1. The van der Waals surface area contributed by atoms with E-state index in [2.05, 4.69) is 15.5 Å². The predicted molar refractivity (Wildman–Crippen MR) is 107 cm³/mol.